The molecule has 0 unspecified atom stereocenters. The molecule has 26 heavy (non-hydrogen) atoms. The molecule has 0 aromatic rings. The van der Waals surface area contributed by atoms with Crippen LogP contribution in [0.5, 0.6) is 0 Å². The van der Waals surface area contributed by atoms with E-state index < -0.39 is 11.9 Å². The number of methoxy groups -OCH3 is 1. The first-order valence-corrected chi connectivity index (χ1v) is 8.79. The summed E-state index contributed by atoms with van der Waals surface area (Å²) in [5.74, 6) is -1.42. The minimum atomic E-state index is -0.559. The lowest BCUT2D eigenvalue weighted by Gasteiger charge is -2.36. The molecule has 144 valence electrons. The standard InChI is InChI=1S/C19H27NO6/c1-6-11(2)19(23)26-16-9-13-8-14(10-15(16)20(13)4)25-17(21)7-12(3)18(22)24-5/h6-7,13-16H,8-10H2,1-5H3/b11-6-,12-7+/t13-,14-,15+,16-/m1/s1. The Morgan fingerprint density at radius 3 is 2.31 bits per heavy atom. The number of fused-ring (bicyclic) bond motifs is 2. The summed E-state index contributed by atoms with van der Waals surface area (Å²) in [4.78, 5) is 37.6. The molecule has 7 nitrogen and oxygen atoms in total. The Hall–Kier alpha value is -2.15. The molecule has 0 aromatic heterocycles. The largest absolute Gasteiger partial charge is 0.466 e. The van der Waals surface area contributed by atoms with Crippen LogP contribution in [0.25, 0.3) is 0 Å². The summed E-state index contributed by atoms with van der Waals surface area (Å²) < 4.78 is 15.7. The topological polar surface area (TPSA) is 82.1 Å². The van der Waals surface area contributed by atoms with Gasteiger partial charge in [-0.15, -0.1) is 0 Å². The summed E-state index contributed by atoms with van der Waals surface area (Å²) in [6, 6.07) is 0.215. The van der Waals surface area contributed by atoms with Crippen LogP contribution < -0.4 is 0 Å². The molecule has 0 saturated carbocycles. The van der Waals surface area contributed by atoms with Gasteiger partial charge in [-0.2, -0.15) is 0 Å². The van der Waals surface area contributed by atoms with Crippen LogP contribution in [0.15, 0.2) is 23.3 Å². The summed E-state index contributed by atoms with van der Waals surface area (Å²) in [5, 5.41) is 0. The molecule has 7 heteroatoms. The van der Waals surface area contributed by atoms with Crippen LogP contribution in [0.2, 0.25) is 0 Å². The van der Waals surface area contributed by atoms with Crippen molar-refractivity contribution in [1.29, 1.82) is 0 Å². The Labute approximate surface area is 154 Å². The fourth-order valence-electron chi connectivity index (χ4n) is 3.54. The number of rotatable bonds is 5. The summed E-state index contributed by atoms with van der Waals surface area (Å²) in [6.45, 7) is 5.03. The van der Waals surface area contributed by atoms with Gasteiger partial charge in [0.2, 0.25) is 0 Å². The third-order valence-electron chi connectivity index (χ3n) is 5.21. The zero-order valence-electron chi connectivity index (χ0n) is 16.0. The number of esters is 3. The third kappa shape index (κ3) is 4.52. The molecule has 2 fully saturated rings. The molecule has 2 heterocycles. The first-order chi connectivity index (χ1) is 12.3. The molecule has 2 bridgehead atoms. The van der Waals surface area contributed by atoms with Gasteiger partial charge in [-0.05, 0) is 27.8 Å². The molecular formula is C19H27NO6. The van der Waals surface area contributed by atoms with Crippen LogP contribution in [-0.4, -0.2) is 61.3 Å². The van der Waals surface area contributed by atoms with Crippen molar-refractivity contribution in [3.63, 3.8) is 0 Å². The van der Waals surface area contributed by atoms with Crippen LogP contribution >= 0.6 is 0 Å². The number of hydrogen-bond acceptors (Lipinski definition) is 7. The van der Waals surface area contributed by atoms with E-state index >= 15 is 0 Å². The predicted molar refractivity (Wildman–Crippen MR) is 94.2 cm³/mol. The zero-order valence-corrected chi connectivity index (χ0v) is 16.0. The smallest absolute Gasteiger partial charge is 0.333 e. The molecule has 0 amide bonds. The fraction of sp³-hybridized carbons (Fsp3) is 0.632. The van der Waals surface area contributed by atoms with Crippen molar-refractivity contribution in [2.75, 3.05) is 14.2 Å². The molecule has 0 spiro atoms. The van der Waals surface area contributed by atoms with Crippen LogP contribution in [0.1, 0.15) is 40.0 Å². The Morgan fingerprint density at radius 2 is 1.69 bits per heavy atom. The Kier molecular flexibility index (Phi) is 6.58. The van der Waals surface area contributed by atoms with Gasteiger partial charge in [0.15, 0.2) is 0 Å². The van der Waals surface area contributed by atoms with Gasteiger partial charge in [-0.3, -0.25) is 4.90 Å². The Morgan fingerprint density at radius 1 is 1.00 bits per heavy atom. The predicted octanol–water partition coefficient (Wildman–Crippen LogP) is 1.76. The molecule has 0 N–H and O–H groups in total. The van der Waals surface area contributed by atoms with E-state index in [1.807, 2.05) is 7.05 Å². The quantitative estimate of drug-likeness (QED) is 0.417. The molecule has 2 rings (SSSR count). The van der Waals surface area contributed by atoms with Crippen LogP contribution in [0.4, 0.5) is 0 Å². The Bertz CT molecular complexity index is 638. The summed E-state index contributed by atoms with van der Waals surface area (Å²) in [7, 11) is 3.27. The first kappa shape index (κ1) is 20.2. The van der Waals surface area contributed by atoms with Gasteiger partial charge in [0.1, 0.15) is 12.2 Å². The van der Waals surface area contributed by atoms with Gasteiger partial charge in [0, 0.05) is 42.5 Å². The highest BCUT2D eigenvalue weighted by Crippen LogP contribution is 2.37. The monoisotopic (exact) mass is 365 g/mol. The van der Waals surface area contributed by atoms with E-state index in [2.05, 4.69) is 9.64 Å². The van der Waals surface area contributed by atoms with Gasteiger partial charge < -0.3 is 14.2 Å². The summed E-state index contributed by atoms with van der Waals surface area (Å²) in [6.07, 6.45) is 4.42. The van der Waals surface area contributed by atoms with Gasteiger partial charge in [-0.25, -0.2) is 14.4 Å². The summed E-state index contributed by atoms with van der Waals surface area (Å²) >= 11 is 0. The fourth-order valence-corrected chi connectivity index (χ4v) is 3.54. The van der Waals surface area contributed by atoms with Gasteiger partial charge in [-0.1, -0.05) is 6.08 Å². The highest BCUT2D eigenvalue weighted by molar-refractivity contribution is 5.95. The number of nitrogens with zero attached hydrogens (tertiary/aromatic N) is 1. The van der Waals surface area contributed by atoms with Crippen LogP contribution in [0, 0.1) is 0 Å². The minimum absolute atomic E-state index is 0.0193. The number of carbonyl (C=O) groups excluding carboxylic acids is 3. The Balaban J connectivity index is 1.97. The highest BCUT2D eigenvalue weighted by atomic mass is 16.6. The van der Waals surface area contributed by atoms with Crippen molar-refractivity contribution in [3.8, 4) is 0 Å². The number of likely N-dealkylation sites (N-methyl/N-ethyl adjacent to an activating group) is 1. The van der Waals surface area contributed by atoms with E-state index in [0.29, 0.717) is 18.4 Å². The molecule has 2 aliphatic heterocycles. The second-order valence-corrected chi connectivity index (χ2v) is 6.89. The van der Waals surface area contributed by atoms with E-state index in [4.69, 9.17) is 9.47 Å². The molecule has 0 radical (unpaired) electrons. The summed E-state index contributed by atoms with van der Waals surface area (Å²) in [5.41, 5.74) is 0.780. The van der Waals surface area contributed by atoms with Crippen molar-refractivity contribution in [2.24, 2.45) is 0 Å². The van der Waals surface area contributed by atoms with Crippen molar-refractivity contribution in [3.05, 3.63) is 23.3 Å². The number of carbonyl (C=O) groups is 3. The van der Waals surface area contributed by atoms with Crippen molar-refractivity contribution >= 4 is 17.9 Å². The highest BCUT2D eigenvalue weighted by Gasteiger charge is 2.47. The van der Waals surface area contributed by atoms with E-state index in [1.54, 1.807) is 19.9 Å². The number of hydrogen-bond donors (Lipinski definition) is 0. The second kappa shape index (κ2) is 8.49. The van der Waals surface area contributed by atoms with Crippen molar-refractivity contribution < 1.29 is 28.6 Å². The van der Waals surface area contributed by atoms with E-state index in [1.165, 1.54) is 14.0 Å². The molecule has 4 atom stereocenters. The molecule has 2 saturated heterocycles. The average Bonchev–Trinajstić information content (AvgIpc) is 2.78. The average molecular weight is 365 g/mol. The maximum absolute atomic E-state index is 12.1. The maximum Gasteiger partial charge on any atom is 0.333 e. The molecular weight excluding hydrogens is 338 g/mol. The lowest BCUT2D eigenvalue weighted by molar-refractivity contribution is -0.150. The van der Waals surface area contributed by atoms with E-state index in [9.17, 15) is 14.4 Å². The van der Waals surface area contributed by atoms with Crippen LogP contribution in [0.3, 0.4) is 0 Å². The number of allylic oxidation sites excluding steroid dienone is 1. The van der Waals surface area contributed by atoms with Crippen LogP contribution in [-0.2, 0) is 28.6 Å². The first-order valence-electron chi connectivity index (χ1n) is 8.79. The molecule has 0 aromatic carbocycles. The number of piperidine rings is 1. The van der Waals surface area contributed by atoms with E-state index in [-0.39, 0.29) is 35.8 Å². The van der Waals surface area contributed by atoms with E-state index in [0.717, 1.165) is 12.5 Å². The van der Waals surface area contributed by atoms with Gasteiger partial charge in [0.05, 0.1) is 13.2 Å². The van der Waals surface area contributed by atoms with Gasteiger partial charge in [0.25, 0.3) is 0 Å². The zero-order chi connectivity index (χ0) is 19.4. The maximum atomic E-state index is 12.1. The van der Waals surface area contributed by atoms with Crippen molar-refractivity contribution in [2.45, 2.75) is 64.3 Å². The van der Waals surface area contributed by atoms with Crippen molar-refractivity contribution in [1.82, 2.24) is 4.90 Å². The number of ether oxygens (including phenoxy) is 3. The lowest BCUT2D eigenvalue weighted by atomic mass is 10.00. The normalized spacial score (nSPS) is 29.3. The SMILES string of the molecule is C/C=C(/C)C(=O)O[C@@H]1C[C@H]2C[C@@H](OC(=O)/C=C(\C)C(=O)OC)C[C@@H]1N2C. The van der Waals surface area contributed by atoms with Gasteiger partial charge >= 0.3 is 17.9 Å². The minimum Gasteiger partial charge on any atom is -0.466 e. The molecule has 0 aliphatic carbocycles. The molecule has 2 aliphatic rings. The lowest BCUT2D eigenvalue weighted by Crippen LogP contribution is -2.46. The second-order valence-electron chi connectivity index (χ2n) is 6.89. The third-order valence-corrected chi connectivity index (χ3v) is 5.21.